The molecule has 4 heterocycles. The highest BCUT2D eigenvalue weighted by molar-refractivity contribution is 6.46. The van der Waals surface area contributed by atoms with E-state index < -0.39 is 17.7 Å². The summed E-state index contributed by atoms with van der Waals surface area (Å²) in [5, 5.41) is 21.3. The number of phenols is 1. The molecule has 36 heavy (non-hydrogen) atoms. The number of ketones is 1. The number of phenolic OH excluding ortho intramolecular Hbond substituents is 1. The van der Waals surface area contributed by atoms with E-state index in [4.69, 9.17) is 4.74 Å². The number of aliphatic hydroxyl groups excluding tert-OH is 1. The zero-order chi connectivity index (χ0) is 25.4. The van der Waals surface area contributed by atoms with Crippen LogP contribution in [0.2, 0.25) is 0 Å². The van der Waals surface area contributed by atoms with Gasteiger partial charge < -0.3 is 24.3 Å². The maximum Gasteiger partial charge on any atom is 0.295 e. The molecular formula is C27H30N4O5. The first kappa shape index (κ1) is 24.0. The minimum absolute atomic E-state index is 0.0150. The molecule has 2 aliphatic rings. The molecule has 3 aromatic rings. The molecule has 2 aliphatic heterocycles. The Labute approximate surface area is 209 Å². The van der Waals surface area contributed by atoms with Crippen molar-refractivity contribution in [1.29, 1.82) is 0 Å². The zero-order valence-corrected chi connectivity index (χ0v) is 20.5. The lowest BCUT2D eigenvalue weighted by Gasteiger charge is -2.29. The summed E-state index contributed by atoms with van der Waals surface area (Å²) in [6.07, 6.45) is 2.53. The fourth-order valence-corrected chi connectivity index (χ4v) is 5.08. The number of aryl methyl sites for hydroxylation is 2. The highest BCUT2D eigenvalue weighted by atomic mass is 16.5. The van der Waals surface area contributed by atoms with Crippen LogP contribution < -0.4 is 0 Å². The molecule has 2 fully saturated rings. The molecule has 0 saturated carbocycles. The number of hydrogen-bond donors (Lipinski definition) is 2. The third kappa shape index (κ3) is 4.25. The van der Waals surface area contributed by atoms with Gasteiger partial charge in [0.1, 0.15) is 17.1 Å². The Hall–Kier alpha value is -3.69. The number of morpholine rings is 1. The monoisotopic (exact) mass is 490 g/mol. The quantitative estimate of drug-likeness (QED) is 0.311. The molecule has 1 unspecified atom stereocenters. The highest BCUT2D eigenvalue weighted by Crippen LogP contribution is 2.40. The molecule has 2 N–H and O–H groups in total. The lowest BCUT2D eigenvalue weighted by molar-refractivity contribution is -0.140. The van der Waals surface area contributed by atoms with Gasteiger partial charge >= 0.3 is 0 Å². The summed E-state index contributed by atoms with van der Waals surface area (Å²) in [5.41, 5.74) is 3.21. The second-order valence-electron chi connectivity index (χ2n) is 9.32. The molecule has 1 atom stereocenters. The van der Waals surface area contributed by atoms with Crippen molar-refractivity contribution in [1.82, 2.24) is 19.2 Å². The molecule has 0 aliphatic carbocycles. The van der Waals surface area contributed by atoms with Crippen LogP contribution >= 0.6 is 0 Å². The largest absolute Gasteiger partial charge is 0.508 e. The minimum Gasteiger partial charge on any atom is -0.508 e. The fraction of sp³-hybridized carbons (Fsp3) is 0.370. The molecule has 9 heteroatoms. The van der Waals surface area contributed by atoms with Crippen molar-refractivity contribution < 1.29 is 24.5 Å². The number of pyridine rings is 1. The van der Waals surface area contributed by atoms with Crippen molar-refractivity contribution in [3.63, 3.8) is 0 Å². The Kier molecular flexibility index (Phi) is 6.51. The van der Waals surface area contributed by atoms with Crippen LogP contribution in [-0.4, -0.2) is 80.5 Å². The third-order valence-corrected chi connectivity index (χ3v) is 7.03. The number of rotatable bonds is 6. The first-order valence-corrected chi connectivity index (χ1v) is 12.2. The van der Waals surface area contributed by atoms with Crippen molar-refractivity contribution in [3.05, 3.63) is 70.7 Å². The number of carbonyl (C=O) groups excluding carboxylic acids is 2. The van der Waals surface area contributed by atoms with Crippen LogP contribution in [-0.2, 0) is 14.3 Å². The minimum atomic E-state index is -0.777. The van der Waals surface area contributed by atoms with Crippen molar-refractivity contribution in [2.75, 3.05) is 39.4 Å². The van der Waals surface area contributed by atoms with E-state index in [-0.39, 0.29) is 22.8 Å². The average Bonchev–Trinajstić information content (AvgIpc) is 3.35. The molecule has 5 rings (SSSR count). The Morgan fingerprint density at radius 3 is 2.50 bits per heavy atom. The van der Waals surface area contributed by atoms with E-state index in [1.807, 2.05) is 36.6 Å². The molecule has 2 aromatic heterocycles. The molecule has 188 valence electrons. The number of likely N-dealkylation sites (tertiary alicyclic amines) is 1. The van der Waals surface area contributed by atoms with Crippen LogP contribution in [0.5, 0.6) is 5.75 Å². The van der Waals surface area contributed by atoms with Crippen LogP contribution in [0, 0.1) is 13.8 Å². The summed E-state index contributed by atoms with van der Waals surface area (Å²) in [6, 6.07) is 9.43. The van der Waals surface area contributed by atoms with Gasteiger partial charge in [-0.05, 0) is 49.6 Å². The van der Waals surface area contributed by atoms with Gasteiger partial charge in [-0.2, -0.15) is 0 Å². The molecule has 2 saturated heterocycles. The third-order valence-electron chi connectivity index (χ3n) is 7.03. The fourth-order valence-electron chi connectivity index (χ4n) is 5.08. The number of benzene rings is 1. The number of fused-ring (bicyclic) bond motifs is 1. The van der Waals surface area contributed by atoms with Crippen molar-refractivity contribution >= 4 is 23.1 Å². The SMILES string of the molecule is Cc1cccn2c(C)c(/C(O)=C3\C(=O)C(=O)N(CCCN4CCOCC4)C3c3ccc(O)cc3)nc12. The number of ether oxygens (including phenoxy) is 1. The summed E-state index contributed by atoms with van der Waals surface area (Å²) in [6.45, 7) is 7.94. The first-order valence-electron chi connectivity index (χ1n) is 12.2. The van der Waals surface area contributed by atoms with E-state index in [1.165, 1.54) is 17.0 Å². The molecule has 0 radical (unpaired) electrons. The number of Topliss-reactive ketones (excluding diaryl/α,β-unsaturated/α-hetero) is 1. The number of aromatic nitrogens is 2. The molecule has 0 bridgehead atoms. The van der Waals surface area contributed by atoms with Crippen LogP contribution in [0.1, 0.15) is 35.0 Å². The molecule has 0 spiro atoms. The topological polar surface area (TPSA) is 108 Å². The van der Waals surface area contributed by atoms with Crippen molar-refractivity contribution in [2.45, 2.75) is 26.3 Å². The van der Waals surface area contributed by atoms with Gasteiger partial charge in [0.05, 0.1) is 30.5 Å². The van der Waals surface area contributed by atoms with E-state index >= 15 is 0 Å². The van der Waals surface area contributed by atoms with Crippen LogP contribution in [0.3, 0.4) is 0 Å². The van der Waals surface area contributed by atoms with E-state index in [1.54, 1.807) is 12.1 Å². The Morgan fingerprint density at radius 2 is 1.81 bits per heavy atom. The number of imidazole rings is 1. The van der Waals surface area contributed by atoms with Crippen LogP contribution in [0.15, 0.2) is 48.2 Å². The maximum absolute atomic E-state index is 13.3. The number of carbonyl (C=O) groups is 2. The number of amides is 1. The summed E-state index contributed by atoms with van der Waals surface area (Å²) >= 11 is 0. The van der Waals surface area contributed by atoms with Gasteiger partial charge in [-0.25, -0.2) is 4.98 Å². The van der Waals surface area contributed by atoms with Crippen molar-refractivity contribution in [3.8, 4) is 5.75 Å². The second kappa shape index (κ2) is 9.75. The van der Waals surface area contributed by atoms with E-state index in [9.17, 15) is 19.8 Å². The predicted octanol–water partition coefficient (Wildman–Crippen LogP) is 2.80. The van der Waals surface area contributed by atoms with E-state index in [0.717, 1.165) is 25.2 Å². The predicted molar refractivity (Wildman–Crippen MR) is 134 cm³/mol. The lowest BCUT2D eigenvalue weighted by atomic mass is 9.96. The maximum atomic E-state index is 13.3. The molecule has 1 amide bonds. The average molecular weight is 491 g/mol. The summed E-state index contributed by atoms with van der Waals surface area (Å²) < 4.78 is 7.26. The Balaban J connectivity index is 1.54. The van der Waals surface area contributed by atoms with Gasteiger partial charge in [-0.15, -0.1) is 0 Å². The molecule has 1 aromatic carbocycles. The van der Waals surface area contributed by atoms with Gasteiger partial charge in [0, 0.05) is 32.4 Å². The van der Waals surface area contributed by atoms with E-state index in [2.05, 4.69) is 9.88 Å². The first-order chi connectivity index (χ1) is 17.4. The van der Waals surface area contributed by atoms with Crippen LogP contribution in [0.25, 0.3) is 11.4 Å². The number of aromatic hydroxyl groups is 1. The summed E-state index contributed by atoms with van der Waals surface area (Å²) in [4.78, 5) is 35.0. The Bertz CT molecular complexity index is 1340. The van der Waals surface area contributed by atoms with E-state index in [0.29, 0.717) is 43.1 Å². The lowest BCUT2D eigenvalue weighted by Crippen LogP contribution is -2.38. The van der Waals surface area contributed by atoms with Gasteiger partial charge in [-0.1, -0.05) is 18.2 Å². The summed E-state index contributed by atoms with van der Waals surface area (Å²) in [5.74, 6) is -1.59. The van der Waals surface area contributed by atoms with Gasteiger partial charge in [-0.3, -0.25) is 14.5 Å². The van der Waals surface area contributed by atoms with Gasteiger partial charge in [0.15, 0.2) is 5.76 Å². The number of aliphatic hydroxyl groups is 1. The second-order valence-corrected chi connectivity index (χ2v) is 9.32. The normalized spacial score (nSPS) is 20.5. The smallest absolute Gasteiger partial charge is 0.295 e. The van der Waals surface area contributed by atoms with Gasteiger partial charge in [0.2, 0.25) is 0 Å². The number of hydrogen-bond acceptors (Lipinski definition) is 7. The van der Waals surface area contributed by atoms with Gasteiger partial charge in [0.25, 0.3) is 11.7 Å². The Morgan fingerprint density at radius 1 is 1.08 bits per heavy atom. The molecule has 9 nitrogen and oxygen atoms in total. The van der Waals surface area contributed by atoms with Crippen LogP contribution in [0.4, 0.5) is 0 Å². The molecular weight excluding hydrogens is 460 g/mol. The number of nitrogens with zero attached hydrogens (tertiary/aromatic N) is 4. The zero-order valence-electron chi connectivity index (χ0n) is 20.5. The highest BCUT2D eigenvalue weighted by Gasteiger charge is 2.46. The van der Waals surface area contributed by atoms with Crippen molar-refractivity contribution in [2.24, 2.45) is 0 Å². The summed E-state index contributed by atoms with van der Waals surface area (Å²) in [7, 11) is 0. The standard InChI is InChI=1S/C27H30N4O5/c1-17-5-3-11-30-18(2)22(28-26(17)30)24(33)21-23(19-6-8-20(32)9-7-19)31(27(35)25(21)34)12-4-10-29-13-15-36-16-14-29/h3,5-9,11,23,32-33H,4,10,12-16H2,1-2H3/b24-21+.